The lowest BCUT2D eigenvalue weighted by Gasteiger charge is -2.11. The molecular weight excluding hydrogens is 462 g/mol. The summed E-state index contributed by atoms with van der Waals surface area (Å²) < 4.78 is 35.6. The molecule has 3 aromatic carbocycles. The summed E-state index contributed by atoms with van der Waals surface area (Å²) in [4.78, 5) is 22.8. The molecule has 172 valence electrons. The molecular formula is C23H17N3O7S. The van der Waals surface area contributed by atoms with Crippen LogP contribution < -0.4 is 14.2 Å². The van der Waals surface area contributed by atoms with E-state index in [1.54, 1.807) is 24.3 Å². The molecule has 10 nitrogen and oxygen atoms in total. The minimum absolute atomic E-state index is 0.0629. The zero-order valence-electron chi connectivity index (χ0n) is 17.7. The van der Waals surface area contributed by atoms with Crippen molar-refractivity contribution in [3.63, 3.8) is 0 Å². The standard InChI is InChI=1S/C23H17N3O7S/c1-32-21-11-10-16(13-22(21)33-34(30,31)20-8-3-2-4-9-20)12-17(15-24)23(27)25-18-6-5-7-19(14-18)26(28)29/h2-14H,1H3,(H,25,27)/b17-12+. The molecule has 0 unspecified atom stereocenters. The van der Waals surface area contributed by atoms with Crippen LogP contribution in [0.5, 0.6) is 11.5 Å². The largest absolute Gasteiger partial charge is 0.493 e. The third-order valence-corrected chi connectivity index (χ3v) is 5.66. The maximum absolute atomic E-state index is 12.6. The summed E-state index contributed by atoms with van der Waals surface area (Å²) in [5.74, 6) is -0.828. The fraction of sp³-hybridized carbons (Fsp3) is 0.0435. The molecule has 3 rings (SSSR count). The topological polar surface area (TPSA) is 149 Å². The monoisotopic (exact) mass is 479 g/mol. The number of benzene rings is 3. The number of non-ortho nitro benzene ring substituents is 1. The molecule has 3 aromatic rings. The highest BCUT2D eigenvalue weighted by Gasteiger charge is 2.19. The molecule has 0 aliphatic heterocycles. The normalized spacial score (nSPS) is 11.2. The number of nitrogens with zero attached hydrogens (tertiary/aromatic N) is 2. The van der Waals surface area contributed by atoms with Gasteiger partial charge in [0.15, 0.2) is 11.5 Å². The van der Waals surface area contributed by atoms with E-state index < -0.39 is 20.9 Å². The van der Waals surface area contributed by atoms with Gasteiger partial charge in [-0.25, -0.2) is 0 Å². The van der Waals surface area contributed by atoms with E-state index in [1.165, 1.54) is 61.7 Å². The van der Waals surface area contributed by atoms with Crippen LogP contribution >= 0.6 is 0 Å². The second-order valence-corrected chi connectivity index (χ2v) is 8.24. The highest BCUT2D eigenvalue weighted by atomic mass is 32.2. The van der Waals surface area contributed by atoms with Crippen molar-refractivity contribution in [2.75, 3.05) is 12.4 Å². The van der Waals surface area contributed by atoms with Crippen LogP contribution in [0.15, 0.2) is 83.3 Å². The first-order valence-corrected chi connectivity index (χ1v) is 11.0. The van der Waals surface area contributed by atoms with Gasteiger partial charge in [0.1, 0.15) is 16.5 Å². The smallest absolute Gasteiger partial charge is 0.339 e. The molecule has 0 atom stereocenters. The Morgan fingerprint density at radius 2 is 1.79 bits per heavy atom. The summed E-state index contributed by atoms with van der Waals surface area (Å²) in [5.41, 5.74) is -0.136. The van der Waals surface area contributed by atoms with Gasteiger partial charge in [-0.1, -0.05) is 30.3 Å². The number of methoxy groups -OCH3 is 1. The van der Waals surface area contributed by atoms with Crippen molar-refractivity contribution in [2.45, 2.75) is 4.90 Å². The lowest BCUT2D eigenvalue weighted by atomic mass is 10.1. The van der Waals surface area contributed by atoms with Crippen LogP contribution in [0, 0.1) is 21.4 Å². The number of nitro benzene ring substituents is 1. The van der Waals surface area contributed by atoms with Crippen LogP contribution in [0.3, 0.4) is 0 Å². The molecule has 0 aromatic heterocycles. The number of amides is 1. The first-order valence-electron chi connectivity index (χ1n) is 9.58. The molecule has 34 heavy (non-hydrogen) atoms. The van der Waals surface area contributed by atoms with Crippen molar-refractivity contribution in [1.29, 1.82) is 5.26 Å². The molecule has 1 amide bonds. The SMILES string of the molecule is COc1ccc(/C=C(\C#N)C(=O)Nc2cccc([N+](=O)[O-])c2)cc1OS(=O)(=O)c1ccccc1. The predicted molar refractivity (Wildman–Crippen MR) is 123 cm³/mol. The molecule has 11 heteroatoms. The van der Waals surface area contributed by atoms with E-state index in [4.69, 9.17) is 8.92 Å². The van der Waals surface area contributed by atoms with Crippen molar-refractivity contribution in [3.05, 3.63) is 94.0 Å². The van der Waals surface area contributed by atoms with Crippen LogP contribution in [0.4, 0.5) is 11.4 Å². The average Bonchev–Trinajstić information content (AvgIpc) is 2.83. The lowest BCUT2D eigenvalue weighted by Crippen LogP contribution is -2.13. The molecule has 0 aliphatic carbocycles. The van der Waals surface area contributed by atoms with Gasteiger partial charge in [0.25, 0.3) is 11.6 Å². The Kier molecular flexibility index (Phi) is 7.25. The number of rotatable bonds is 8. The van der Waals surface area contributed by atoms with Crippen LogP contribution in [-0.4, -0.2) is 26.4 Å². The summed E-state index contributed by atoms with van der Waals surface area (Å²) in [7, 11) is -2.83. The maximum atomic E-state index is 12.6. The minimum Gasteiger partial charge on any atom is -0.493 e. The molecule has 0 radical (unpaired) electrons. The first-order chi connectivity index (χ1) is 16.2. The lowest BCUT2D eigenvalue weighted by molar-refractivity contribution is -0.384. The van der Waals surface area contributed by atoms with E-state index in [1.807, 2.05) is 0 Å². The van der Waals surface area contributed by atoms with E-state index in [2.05, 4.69) is 5.32 Å². The number of nitro groups is 1. The van der Waals surface area contributed by atoms with Gasteiger partial charge in [0, 0.05) is 17.8 Å². The summed E-state index contributed by atoms with van der Waals surface area (Å²) >= 11 is 0. The Bertz CT molecular complexity index is 1410. The molecule has 0 bridgehead atoms. The summed E-state index contributed by atoms with van der Waals surface area (Å²) in [6.45, 7) is 0. The predicted octanol–water partition coefficient (Wildman–Crippen LogP) is 3.92. The van der Waals surface area contributed by atoms with Crippen molar-refractivity contribution in [1.82, 2.24) is 0 Å². The minimum atomic E-state index is -4.16. The Morgan fingerprint density at radius 3 is 2.44 bits per heavy atom. The van der Waals surface area contributed by atoms with Gasteiger partial charge in [-0.3, -0.25) is 14.9 Å². The van der Waals surface area contributed by atoms with Crippen LogP contribution in [0.2, 0.25) is 0 Å². The molecule has 0 saturated heterocycles. The molecule has 0 saturated carbocycles. The van der Waals surface area contributed by atoms with Gasteiger partial charge < -0.3 is 14.2 Å². The highest BCUT2D eigenvalue weighted by Crippen LogP contribution is 2.31. The van der Waals surface area contributed by atoms with E-state index in [0.717, 1.165) is 6.07 Å². The Morgan fingerprint density at radius 1 is 1.06 bits per heavy atom. The highest BCUT2D eigenvalue weighted by molar-refractivity contribution is 7.87. The van der Waals surface area contributed by atoms with Crippen LogP contribution in [0.25, 0.3) is 6.08 Å². The van der Waals surface area contributed by atoms with E-state index in [-0.39, 0.29) is 38.9 Å². The fourth-order valence-electron chi connectivity index (χ4n) is 2.81. The molecule has 0 heterocycles. The quantitative estimate of drug-likeness (QED) is 0.168. The van der Waals surface area contributed by atoms with Gasteiger partial charge in [-0.2, -0.15) is 13.7 Å². The number of carbonyl (C=O) groups excluding carboxylic acids is 1. The van der Waals surface area contributed by atoms with Crippen molar-refractivity contribution in [3.8, 4) is 17.6 Å². The van der Waals surface area contributed by atoms with Crippen LogP contribution in [0.1, 0.15) is 5.56 Å². The van der Waals surface area contributed by atoms with E-state index in [9.17, 15) is 28.6 Å². The third kappa shape index (κ3) is 5.76. The molecule has 0 spiro atoms. The second-order valence-electron chi connectivity index (χ2n) is 6.69. The van der Waals surface area contributed by atoms with Gasteiger partial charge in [-0.15, -0.1) is 0 Å². The zero-order chi connectivity index (χ0) is 24.7. The van der Waals surface area contributed by atoms with Crippen molar-refractivity contribution in [2.24, 2.45) is 0 Å². The number of ether oxygens (including phenoxy) is 1. The van der Waals surface area contributed by atoms with Gasteiger partial charge >= 0.3 is 10.1 Å². The Labute approximate surface area is 194 Å². The number of nitriles is 1. The molecule has 0 fully saturated rings. The summed E-state index contributed by atoms with van der Waals surface area (Å²) in [5, 5.41) is 22.8. The number of hydrogen-bond acceptors (Lipinski definition) is 8. The van der Waals surface area contributed by atoms with E-state index >= 15 is 0 Å². The number of nitrogens with one attached hydrogen (secondary N) is 1. The van der Waals surface area contributed by atoms with Crippen LogP contribution in [-0.2, 0) is 14.9 Å². The molecule has 1 N–H and O–H groups in total. The average molecular weight is 479 g/mol. The third-order valence-electron chi connectivity index (χ3n) is 4.41. The fourth-order valence-corrected chi connectivity index (χ4v) is 3.77. The Hall–Kier alpha value is -4.69. The number of carbonyl (C=O) groups is 1. The maximum Gasteiger partial charge on any atom is 0.339 e. The number of anilines is 1. The summed E-state index contributed by atoms with van der Waals surface area (Å²) in [6, 6.07) is 18.7. The van der Waals surface area contributed by atoms with Gasteiger partial charge in [-0.05, 0) is 42.0 Å². The van der Waals surface area contributed by atoms with E-state index in [0.29, 0.717) is 0 Å². The Balaban J connectivity index is 1.89. The van der Waals surface area contributed by atoms with Gasteiger partial charge in [0.05, 0.1) is 12.0 Å². The van der Waals surface area contributed by atoms with Crippen molar-refractivity contribution >= 4 is 33.5 Å². The van der Waals surface area contributed by atoms with Crippen molar-refractivity contribution < 1.29 is 27.1 Å². The second kappa shape index (κ2) is 10.3. The van der Waals surface area contributed by atoms with Gasteiger partial charge in [0.2, 0.25) is 0 Å². The number of hydrogen-bond donors (Lipinski definition) is 1. The summed E-state index contributed by atoms with van der Waals surface area (Å²) in [6.07, 6.45) is 1.22. The zero-order valence-corrected chi connectivity index (χ0v) is 18.5. The first kappa shape index (κ1) is 24.0. The molecule has 0 aliphatic rings.